The Morgan fingerprint density at radius 3 is 2.91 bits per heavy atom. The lowest BCUT2D eigenvalue weighted by Crippen LogP contribution is -2.50. The van der Waals surface area contributed by atoms with E-state index in [0.717, 1.165) is 36.1 Å². The quantitative estimate of drug-likeness (QED) is 0.660. The highest BCUT2D eigenvalue weighted by Crippen LogP contribution is 2.29. The predicted molar refractivity (Wildman–Crippen MR) is 93.0 cm³/mol. The molecule has 0 aromatic heterocycles. The van der Waals surface area contributed by atoms with Crippen LogP contribution in [0.1, 0.15) is 19.4 Å². The lowest BCUT2D eigenvalue weighted by Gasteiger charge is -2.39. The highest BCUT2D eigenvalue weighted by Gasteiger charge is 2.28. The van der Waals surface area contributed by atoms with E-state index in [0.29, 0.717) is 6.54 Å². The van der Waals surface area contributed by atoms with Crippen LogP contribution in [-0.4, -0.2) is 53.7 Å². The van der Waals surface area contributed by atoms with Crippen LogP contribution in [0.5, 0.6) is 11.5 Å². The second-order valence-corrected chi connectivity index (χ2v) is 7.73. The van der Waals surface area contributed by atoms with E-state index in [1.54, 1.807) is 26.3 Å². The molecule has 1 fully saturated rings. The third-order valence-electron chi connectivity index (χ3n) is 3.66. The van der Waals surface area contributed by atoms with Gasteiger partial charge in [-0.2, -0.15) is 11.8 Å². The summed E-state index contributed by atoms with van der Waals surface area (Å²) in [6.07, 6.45) is 0. The minimum Gasteiger partial charge on any atom is -0.508 e. The maximum Gasteiger partial charge on any atom is 0.193 e. The number of hydrogen-bond donors (Lipinski definition) is 2. The Morgan fingerprint density at radius 2 is 2.27 bits per heavy atom. The average molecular weight is 323 g/mol. The Labute approximate surface area is 136 Å². The molecule has 0 aliphatic carbocycles. The number of hydrogen-bond acceptors (Lipinski definition) is 4. The number of nitrogens with zero attached hydrogens (tertiary/aromatic N) is 2. The molecule has 1 aliphatic rings. The van der Waals surface area contributed by atoms with Crippen LogP contribution < -0.4 is 10.1 Å². The number of benzene rings is 1. The van der Waals surface area contributed by atoms with Crippen molar-refractivity contribution in [1.29, 1.82) is 0 Å². The molecule has 1 aliphatic heterocycles. The van der Waals surface area contributed by atoms with Crippen LogP contribution in [0.2, 0.25) is 0 Å². The molecule has 0 amide bonds. The molecule has 5 nitrogen and oxygen atoms in total. The van der Waals surface area contributed by atoms with E-state index in [-0.39, 0.29) is 10.5 Å². The summed E-state index contributed by atoms with van der Waals surface area (Å²) in [5.41, 5.74) is 0.797. The van der Waals surface area contributed by atoms with Gasteiger partial charge >= 0.3 is 0 Å². The van der Waals surface area contributed by atoms with Gasteiger partial charge in [0.25, 0.3) is 0 Å². The second-order valence-electron chi connectivity index (χ2n) is 5.93. The fourth-order valence-electron chi connectivity index (χ4n) is 2.53. The molecule has 0 bridgehead atoms. The molecule has 0 saturated carbocycles. The summed E-state index contributed by atoms with van der Waals surface area (Å²) < 4.78 is 5.43. The molecule has 0 spiro atoms. The molecule has 0 radical (unpaired) electrons. The van der Waals surface area contributed by atoms with Crippen molar-refractivity contribution in [3.8, 4) is 11.5 Å². The topological polar surface area (TPSA) is 57.1 Å². The Morgan fingerprint density at radius 1 is 1.50 bits per heavy atom. The molecule has 6 heteroatoms. The first-order valence-corrected chi connectivity index (χ1v) is 8.39. The summed E-state index contributed by atoms with van der Waals surface area (Å²) in [7, 11) is 3.42. The highest BCUT2D eigenvalue weighted by atomic mass is 32.2. The Bertz CT molecular complexity index is 546. The summed E-state index contributed by atoms with van der Waals surface area (Å²) >= 11 is 1.99. The van der Waals surface area contributed by atoms with Crippen LogP contribution >= 0.6 is 11.8 Å². The van der Waals surface area contributed by atoms with Gasteiger partial charge in [-0.1, -0.05) is 0 Å². The maximum atomic E-state index is 9.96. The fraction of sp³-hybridized carbons (Fsp3) is 0.562. The van der Waals surface area contributed by atoms with Gasteiger partial charge in [0.05, 0.1) is 7.11 Å². The molecule has 1 saturated heterocycles. The van der Waals surface area contributed by atoms with Crippen molar-refractivity contribution in [2.45, 2.75) is 25.1 Å². The van der Waals surface area contributed by atoms with Gasteiger partial charge < -0.3 is 20.1 Å². The third kappa shape index (κ3) is 4.22. The third-order valence-corrected chi connectivity index (χ3v) is 4.96. The van der Waals surface area contributed by atoms with E-state index in [1.807, 2.05) is 17.8 Å². The number of methoxy groups -OCH3 is 1. The molecular formula is C16H25N3O2S. The number of aliphatic imine (C=N–C) groups is 1. The SMILES string of the molecule is CN=C(NCc1cc(OC)ccc1O)N1CCSC(C)(C)C1. The van der Waals surface area contributed by atoms with E-state index in [4.69, 9.17) is 4.74 Å². The molecule has 0 unspecified atom stereocenters. The van der Waals surface area contributed by atoms with E-state index < -0.39 is 0 Å². The van der Waals surface area contributed by atoms with Crippen molar-refractivity contribution < 1.29 is 9.84 Å². The molecule has 2 rings (SSSR count). The van der Waals surface area contributed by atoms with Crippen molar-refractivity contribution in [1.82, 2.24) is 10.2 Å². The first-order valence-electron chi connectivity index (χ1n) is 7.40. The molecule has 1 heterocycles. The summed E-state index contributed by atoms with van der Waals surface area (Å²) in [6.45, 7) is 6.97. The first kappa shape index (κ1) is 16.8. The van der Waals surface area contributed by atoms with Crippen molar-refractivity contribution in [3.63, 3.8) is 0 Å². The van der Waals surface area contributed by atoms with Gasteiger partial charge in [0, 0.05) is 42.7 Å². The van der Waals surface area contributed by atoms with Gasteiger partial charge in [-0.25, -0.2) is 0 Å². The maximum absolute atomic E-state index is 9.96. The molecule has 22 heavy (non-hydrogen) atoms. The lowest BCUT2D eigenvalue weighted by atomic mass is 10.2. The number of nitrogens with one attached hydrogen (secondary N) is 1. The molecule has 1 aromatic carbocycles. The summed E-state index contributed by atoms with van der Waals surface area (Å²) in [5, 5.41) is 13.3. The molecular weight excluding hydrogens is 298 g/mol. The van der Waals surface area contributed by atoms with Gasteiger partial charge in [-0.3, -0.25) is 4.99 Å². The Kier molecular flexibility index (Phi) is 5.45. The Hall–Kier alpha value is -1.56. The van der Waals surface area contributed by atoms with Crippen molar-refractivity contribution in [2.75, 3.05) is 33.0 Å². The second kappa shape index (κ2) is 7.13. The molecule has 0 atom stereocenters. The number of ether oxygens (including phenoxy) is 1. The van der Waals surface area contributed by atoms with E-state index in [2.05, 4.69) is 29.1 Å². The van der Waals surface area contributed by atoms with Crippen LogP contribution in [0, 0.1) is 0 Å². The number of phenols is 1. The smallest absolute Gasteiger partial charge is 0.193 e. The van der Waals surface area contributed by atoms with E-state index >= 15 is 0 Å². The normalized spacial score (nSPS) is 18.2. The van der Waals surface area contributed by atoms with E-state index in [9.17, 15) is 5.11 Å². The highest BCUT2D eigenvalue weighted by molar-refractivity contribution is 8.00. The van der Waals surface area contributed by atoms with Crippen molar-refractivity contribution in [2.24, 2.45) is 4.99 Å². The zero-order valence-electron chi connectivity index (χ0n) is 13.7. The van der Waals surface area contributed by atoms with Gasteiger partial charge in [0.15, 0.2) is 5.96 Å². The number of thioether (sulfide) groups is 1. The standard InChI is InChI=1S/C16H25N3O2S/c1-16(2)11-19(7-8-22-16)15(17-3)18-10-12-9-13(21-4)5-6-14(12)20/h5-6,9,20H,7-8,10-11H2,1-4H3,(H,17,18). The minimum absolute atomic E-state index is 0.230. The number of phenolic OH excluding ortho intramolecular Hbond substituents is 1. The van der Waals surface area contributed by atoms with Crippen molar-refractivity contribution >= 4 is 17.7 Å². The fourth-order valence-corrected chi connectivity index (χ4v) is 3.65. The van der Waals surface area contributed by atoms with Crippen LogP contribution in [-0.2, 0) is 6.54 Å². The largest absolute Gasteiger partial charge is 0.508 e. The van der Waals surface area contributed by atoms with Gasteiger partial charge in [-0.15, -0.1) is 0 Å². The van der Waals surface area contributed by atoms with E-state index in [1.165, 1.54) is 0 Å². The van der Waals surface area contributed by atoms with Crippen LogP contribution in [0.3, 0.4) is 0 Å². The predicted octanol–water partition coefficient (Wildman–Crippen LogP) is 2.30. The average Bonchev–Trinajstić information content (AvgIpc) is 2.48. The summed E-state index contributed by atoms with van der Waals surface area (Å²) in [5.74, 6) is 2.96. The van der Waals surface area contributed by atoms with Crippen molar-refractivity contribution in [3.05, 3.63) is 23.8 Å². The minimum atomic E-state index is 0.230. The van der Waals surface area contributed by atoms with Gasteiger partial charge in [0.2, 0.25) is 0 Å². The summed E-state index contributed by atoms with van der Waals surface area (Å²) in [6, 6.07) is 5.24. The zero-order chi connectivity index (χ0) is 16.2. The van der Waals surface area contributed by atoms with Crippen LogP contribution in [0.4, 0.5) is 0 Å². The van der Waals surface area contributed by atoms with Gasteiger partial charge in [-0.05, 0) is 32.0 Å². The molecule has 122 valence electrons. The van der Waals surface area contributed by atoms with Gasteiger partial charge in [0.1, 0.15) is 11.5 Å². The zero-order valence-corrected chi connectivity index (χ0v) is 14.5. The molecule has 2 N–H and O–H groups in total. The molecule has 1 aromatic rings. The lowest BCUT2D eigenvalue weighted by molar-refractivity contribution is 0.375. The monoisotopic (exact) mass is 323 g/mol. The summed E-state index contributed by atoms with van der Waals surface area (Å²) in [4.78, 5) is 6.65. The number of aromatic hydroxyl groups is 1. The van der Waals surface area contributed by atoms with Crippen LogP contribution in [0.25, 0.3) is 0 Å². The van der Waals surface area contributed by atoms with Crippen LogP contribution in [0.15, 0.2) is 23.2 Å². The Balaban J connectivity index is 2.03. The number of guanidine groups is 1. The number of rotatable bonds is 3. The first-order chi connectivity index (χ1) is 10.4.